The third-order valence-electron chi connectivity index (χ3n) is 3.73. The fourth-order valence-electron chi connectivity index (χ4n) is 2.75. The molecule has 1 heterocycles. The first kappa shape index (κ1) is 14.4. The molecule has 1 saturated heterocycles. The number of hydrogen-bond donors (Lipinski definition) is 1. The third kappa shape index (κ3) is 4.22. The van der Waals surface area contributed by atoms with Gasteiger partial charge in [0.1, 0.15) is 0 Å². The summed E-state index contributed by atoms with van der Waals surface area (Å²) in [6.07, 6.45) is 0.975. The van der Waals surface area contributed by atoms with Crippen molar-refractivity contribution in [2.24, 2.45) is 11.7 Å². The summed E-state index contributed by atoms with van der Waals surface area (Å²) in [7, 11) is 0. The zero-order valence-electron chi connectivity index (χ0n) is 12.3. The summed E-state index contributed by atoms with van der Waals surface area (Å²) in [4.78, 5) is 5.06. The van der Waals surface area contributed by atoms with Crippen LogP contribution < -0.4 is 10.6 Å². The molecule has 0 aliphatic carbocycles. The molecule has 0 saturated carbocycles. The standard InChI is InChI=1S/C16H27N3/c1-14(2)13-18-9-11-19(12-10-18)16-5-3-15(4-6-16)7-8-17/h3-6,14H,7-13,17H2,1-2H3. The smallest absolute Gasteiger partial charge is 0.0367 e. The van der Waals surface area contributed by atoms with E-state index in [4.69, 9.17) is 5.73 Å². The van der Waals surface area contributed by atoms with E-state index in [9.17, 15) is 0 Å². The van der Waals surface area contributed by atoms with Gasteiger partial charge in [0.25, 0.3) is 0 Å². The van der Waals surface area contributed by atoms with Gasteiger partial charge in [-0.1, -0.05) is 26.0 Å². The van der Waals surface area contributed by atoms with Gasteiger partial charge in [0, 0.05) is 38.4 Å². The Labute approximate surface area is 117 Å². The number of piperazine rings is 1. The van der Waals surface area contributed by atoms with Crippen LogP contribution in [0.5, 0.6) is 0 Å². The minimum Gasteiger partial charge on any atom is -0.369 e. The zero-order valence-corrected chi connectivity index (χ0v) is 12.3. The Bertz CT molecular complexity index is 364. The first-order valence-corrected chi connectivity index (χ1v) is 7.45. The third-order valence-corrected chi connectivity index (χ3v) is 3.73. The van der Waals surface area contributed by atoms with Crippen molar-refractivity contribution >= 4 is 5.69 Å². The zero-order chi connectivity index (χ0) is 13.7. The second-order valence-corrected chi connectivity index (χ2v) is 5.89. The lowest BCUT2D eigenvalue weighted by Crippen LogP contribution is -2.47. The Morgan fingerprint density at radius 1 is 1.05 bits per heavy atom. The number of rotatable bonds is 5. The lowest BCUT2D eigenvalue weighted by atomic mass is 10.1. The Morgan fingerprint density at radius 3 is 2.21 bits per heavy atom. The Kier molecular flexibility index (Phi) is 5.23. The fraction of sp³-hybridized carbons (Fsp3) is 0.625. The van der Waals surface area contributed by atoms with E-state index in [2.05, 4.69) is 47.9 Å². The quantitative estimate of drug-likeness (QED) is 0.879. The minimum atomic E-state index is 0.729. The van der Waals surface area contributed by atoms with Gasteiger partial charge in [0.2, 0.25) is 0 Å². The molecule has 106 valence electrons. The van der Waals surface area contributed by atoms with Crippen LogP contribution >= 0.6 is 0 Å². The van der Waals surface area contributed by atoms with Crippen molar-refractivity contribution < 1.29 is 0 Å². The number of benzene rings is 1. The van der Waals surface area contributed by atoms with Crippen LogP contribution in [0, 0.1) is 5.92 Å². The number of nitrogens with zero attached hydrogens (tertiary/aromatic N) is 2. The van der Waals surface area contributed by atoms with E-state index in [0.717, 1.165) is 32.0 Å². The van der Waals surface area contributed by atoms with Gasteiger partial charge in [-0.15, -0.1) is 0 Å². The molecule has 1 aromatic carbocycles. The Morgan fingerprint density at radius 2 is 1.68 bits per heavy atom. The Hall–Kier alpha value is -1.06. The summed E-state index contributed by atoms with van der Waals surface area (Å²) in [5.41, 5.74) is 8.27. The lowest BCUT2D eigenvalue weighted by Gasteiger charge is -2.36. The van der Waals surface area contributed by atoms with Gasteiger partial charge >= 0.3 is 0 Å². The molecule has 3 heteroatoms. The van der Waals surface area contributed by atoms with Gasteiger partial charge in [0.05, 0.1) is 0 Å². The van der Waals surface area contributed by atoms with E-state index in [1.54, 1.807) is 0 Å². The molecule has 0 amide bonds. The van der Waals surface area contributed by atoms with Crippen molar-refractivity contribution in [3.05, 3.63) is 29.8 Å². The van der Waals surface area contributed by atoms with Crippen LogP contribution in [-0.4, -0.2) is 44.2 Å². The highest BCUT2D eigenvalue weighted by Gasteiger charge is 2.17. The normalized spacial score (nSPS) is 17.2. The molecular weight excluding hydrogens is 234 g/mol. The molecule has 3 nitrogen and oxygen atoms in total. The largest absolute Gasteiger partial charge is 0.369 e. The fourth-order valence-corrected chi connectivity index (χ4v) is 2.75. The number of nitrogens with two attached hydrogens (primary N) is 1. The first-order valence-electron chi connectivity index (χ1n) is 7.45. The van der Waals surface area contributed by atoms with E-state index in [-0.39, 0.29) is 0 Å². The Balaban J connectivity index is 1.87. The molecule has 0 radical (unpaired) electrons. The van der Waals surface area contributed by atoms with Crippen LogP contribution in [0.15, 0.2) is 24.3 Å². The van der Waals surface area contributed by atoms with E-state index in [1.165, 1.54) is 30.9 Å². The summed E-state index contributed by atoms with van der Waals surface area (Å²) in [5.74, 6) is 0.766. The van der Waals surface area contributed by atoms with Crippen molar-refractivity contribution in [3.8, 4) is 0 Å². The maximum absolute atomic E-state index is 5.58. The molecular formula is C16H27N3. The van der Waals surface area contributed by atoms with Crippen LogP contribution in [0.25, 0.3) is 0 Å². The summed E-state index contributed by atoms with van der Waals surface area (Å²) >= 11 is 0. The van der Waals surface area contributed by atoms with Crippen LogP contribution in [0.2, 0.25) is 0 Å². The molecule has 1 aliphatic rings. The highest BCUT2D eigenvalue weighted by Crippen LogP contribution is 2.18. The molecule has 0 spiro atoms. The molecule has 0 unspecified atom stereocenters. The molecule has 1 aromatic rings. The van der Waals surface area contributed by atoms with E-state index in [1.807, 2.05) is 0 Å². The van der Waals surface area contributed by atoms with E-state index in [0.29, 0.717) is 0 Å². The van der Waals surface area contributed by atoms with Gasteiger partial charge in [-0.25, -0.2) is 0 Å². The molecule has 0 bridgehead atoms. The van der Waals surface area contributed by atoms with Crippen LogP contribution in [0.3, 0.4) is 0 Å². The molecule has 2 rings (SSSR count). The number of hydrogen-bond acceptors (Lipinski definition) is 3. The predicted octanol–water partition coefficient (Wildman–Crippen LogP) is 1.97. The van der Waals surface area contributed by atoms with Crippen molar-refractivity contribution in [1.29, 1.82) is 0 Å². The molecule has 1 aliphatic heterocycles. The van der Waals surface area contributed by atoms with Crippen molar-refractivity contribution in [1.82, 2.24) is 4.90 Å². The molecule has 1 fully saturated rings. The average Bonchev–Trinajstić information content (AvgIpc) is 2.40. The van der Waals surface area contributed by atoms with Crippen molar-refractivity contribution in [2.75, 3.05) is 44.2 Å². The van der Waals surface area contributed by atoms with Crippen LogP contribution in [-0.2, 0) is 6.42 Å². The molecule has 2 N–H and O–H groups in total. The van der Waals surface area contributed by atoms with Crippen LogP contribution in [0.1, 0.15) is 19.4 Å². The van der Waals surface area contributed by atoms with Gasteiger partial charge in [-0.05, 0) is 36.6 Å². The highest BCUT2D eigenvalue weighted by atomic mass is 15.3. The van der Waals surface area contributed by atoms with Gasteiger partial charge in [0.15, 0.2) is 0 Å². The summed E-state index contributed by atoms with van der Waals surface area (Å²) in [5, 5.41) is 0. The molecule has 19 heavy (non-hydrogen) atoms. The van der Waals surface area contributed by atoms with Gasteiger partial charge in [-0.3, -0.25) is 4.90 Å². The number of anilines is 1. The second kappa shape index (κ2) is 6.92. The lowest BCUT2D eigenvalue weighted by molar-refractivity contribution is 0.231. The highest BCUT2D eigenvalue weighted by molar-refractivity contribution is 5.48. The first-order chi connectivity index (χ1) is 9.19. The molecule has 0 atom stereocenters. The van der Waals surface area contributed by atoms with Crippen molar-refractivity contribution in [2.45, 2.75) is 20.3 Å². The second-order valence-electron chi connectivity index (χ2n) is 5.89. The van der Waals surface area contributed by atoms with E-state index < -0.39 is 0 Å². The SMILES string of the molecule is CC(C)CN1CCN(c2ccc(CCN)cc2)CC1. The summed E-state index contributed by atoms with van der Waals surface area (Å²) in [6.45, 7) is 11.2. The van der Waals surface area contributed by atoms with Gasteiger partial charge < -0.3 is 10.6 Å². The van der Waals surface area contributed by atoms with Crippen LogP contribution in [0.4, 0.5) is 5.69 Å². The summed E-state index contributed by atoms with van der Waals surface area (Å²) in [6, 6.07) is 8.90. The topological polar surface area (TPSA) is 32.5 Å². The average molecular weight is 261 g/mol. The maximum Gasteiger partial charge on any atom is 0.0367 e. The maximum atomic E-state index is 5.58. The van der Waals surface area contributed by atoms with Gasteiger partial charge in [-0.2, -0.15) is 0 Å². The minimum absolute atomic E-state index is 0.729. The monoisotopic (exact) mass is 261 g/mol. The van der Waals surface area contributed by atoms with Crippen molar-refractivity contribution in [3.63, 3.8) is 0 Å². The van der Waals surface area contributed by atoms with E-state index >= 15 is 0 Å². The molecule has 0 aromatic heterocycles. The predicted molar refractivity (Wildman–Crippen MR) is 82.7 cm³/mol. The summed E-state index contributed by atoms with van der Waals surface area (Å²) < 4.78 is 0.